The van der Waals surface area contributed by atoms with Gasteiger partial charge in [0.05, 0.1) is 29.6 Å². The van der Waals surface area contributed by atoms with Gasteiger partial charge in [-0.3, -0.25) is 0 Å². The summed E-state index contributed by atoms with van der Waals surface area (Å²) in [6.45, 7) is 0.727. The number of benzene rings is 2. The van der Waals surface area contributed by atoms with Gasteiger partial charge < -0.3 is 4.57 Å². The van der Waals surface area contributed by atoms with Crippen molar-refractivity contribution in [2.45, 2.75) is 6.54 Å². The Bertz CT molecular complexity index is 924. The SMILES string of the molecule is Clc1ccc(-c2nc(Cn3cnc4ccccc43)cs2)cc1. The predicted molar refractivity (Wildman–Crippen MR) is 91.4 cm³/mol. The molecule has 0 amide bonds. The second-order valence-corrected chi connectivity index (χ2v) is 6.31. The summed E-state index contributed by atoms with van der Waals surface area (Å²) in [6, 6.07) is 15.9. The van der Waals surface area contributed by atoms with Crippen LogP contribution >= 0.6 is 22.9 Å². The zero-order valence-electron chi connectivity index (χ0n) is 11.6. The Kier molecular flexibility index (Phi) is 3.41. The molecule has 4 aromatic rings. The summed E-state index contributed by atoms with van der Waals surface area (Å²) in [5, 5.41) is 3.85. The van der Waals surface area contributed by atoms with Crippen molar-refractivity contribution >= 4 is 34.0 Å². The van der Waals surface area contributed by atoms with E-state index in [1.807, 2.05) is 48.8 Å². The molecule has 0 bridgehead atoms. The molecular formula is C17H12ClN3S. The number of hydrogen-bond acceptors (Lipinski definition) is 3. The average Bonchev–Trinajstić information content (AvgIpc) is 3.16. The van der Waals surface area contributed by atoms with Crippen LogP contribution in [0.5, 0.6) is 0 Å². The van der Waals surface area contributed by atoms with Crippen LogP contribution in [0.4, 0.5) is 0 Å². The predicted octanol–water partition coefficient (Wildman–Crippen LogP) is 4.86. The molecule has 3 nitrogen and oxygen atoms in total. The molecule has 2 aromatic heterocycles. The van der Waals surface area contributed by atoms with E-state index < -0.39 is 0 Å². The number of aromatic nitrogens is 3. The molecule has 0 aliphatic carbocycles. The Morgan fingerprint density at radius 3 is 2.73 bits per heavy atom. The van der Waals surface area contributed by atoms with Gasteiger partial charge in [-0.1, -0.05) is 35.9 Å². The van der Waals surface area contributed by atoms with Gasteiger partial charge in [0, 0.05) is 16.0 Å². The van der Waals surface area contributed by atoms with E-state index in [-0.39, 0.29) is 0 Å². The molecule has 108 valence electrons. The smallest absolute Gasteiger partial charge is 0.123 e. The lowest BCUT2D eigenvalue weighted by Crippen LogP contribution is -1.98. The maximum atomic E-state index is 5.93. The van der Waals surface area contributed by atoms with Gasteiger partial charge in [0.25, 0.3) is 0 Å². The lowest BCUT2D eigenvalue weighted by Gasteiger charge is -2.01. The van der Waals surface area contributed by atoms with Gasteiger partial charge in [0.1, 0.15) is 5.01 Å². The molecule has 0 saturated carbocycles. The molecule has 2 aromatic carbocycles. The van der Waals surface area contributed by atoms with Crippen molar-refractivity contribution in [3.8, 4) is 10.6 Å². The first-order chi connectivity index (χ1) is 10.8. The van der Waals surface area contributed by atoms with Crippen LogP contribution in [-0.4, -0.2) is 14.5 Å². The van der Waals surface area contributed by atoms with Crippen molar-refractivity contribution < 1.29 is 0 Å². The Morgan fingerprint density at radius 1 is 1.05 bits per heavy atom. The van der Waals surface area contributed by atoms with Crippen molar-refractivity contribution in [2.24, 2.45) is 0 Å². The van der Waals surface area contributed by atoms with E-state index in [9.17, 15) is 0 Å². The average molecular weight is 326 g/mol. The Morgan fingerprint density at radius 2 is 1.86 bits per heavy atom. The van der Waals surface area contributed by atoms with Crippen molar-refractivity contribution in [3.05, 3.63) is 71.0 Å². The normalized spacial score (nSPS) is 11.1. The number of imidazole rings is 1. The van der Waals surface area contributed by atoms with E-state index in [0.29, 0.717) is 0 Å². The van der Waals surface area contributed by atoms with Crippen LogP contribution in [0.1, 0.15) is 5.69 Å². The highest BCUT2D eigenvalue weighted by Gasteiger charge is 2.07. The highest BCUT2D eigenvalue weighted by atomic mass is 35.5. The van der Waals surface area contributed by atoms with Crippen molar-refractivity contribution in [1.82, 2.24) is 14.5 Å². The summed E-state index contributed by atoms with van der Waals surface area (Å²) in [4.78, 5) is 9.13. The summed E-state index contributed by atoms with van der Waals surface area (Å²) in [5.41, 5.74) is 4.27. The topological polar surface area (TPSA) is 30.7 Å². The summed E-state index contributed by atoms with van der Waals surface area (Å²) >= 11 is 7.58. The third kappa shape index (κ3) is 2.51. The summed E-state index contributed by atoms with van der Waals surface area (Å²) in [6.07, 6.45) is 1.87. The first-order valence-electron chi connectivity index (χ1n) is 6.90. The molecule has 22 heavy (non-hydrogen) atoms. The van der Waals surface area contributed by atoms with E-state index in [0.717, 1.165) is 38.9 Å². The van der Waals surface area contributed by atoms with E-state index >= 15 is 0 Å². The minimum absolute atomic E-state index is 0.727. The molecule has 0 fully saturated rings. The van der Waals surface area contributed by atoms with Crippen molar-refractivity contribution in [2.75, 3.05) is 0 Å². The molecule has 0 saturated heterocycles. The number of thiazole rings is 1. The highest BCUT2D eigenvalue weighted by Crippen LogP contribution is 2.25. The monoisotopic (exact) mass is 325 g/mol. The first-order valence-corrected chi connectivity index (χ1v) is 8.15. The highest BCUT2D eigenvalue weighted by molar-refractivity contribution is 7.13. The second kappa shape index (κ2) is 5.55. The molecule has 5 heteroatoms. The van der Waals surface area contributed by atoms with E-state index in [1.54, 1.807) is 11.3 Å². The molecular weight excluding hydrogens is 314 g/mol. The Labute approximate surface area is 136 Å². The molecule has 0 N–H and O–H groups in total. The standard InChI is InChI=1S/C17H12ClN3S/c18-13-7-5-12(6-8-13)17-20-14(10-22-17)9-21-11-19-15-3-1-2-4-16(15)21/h1-8,10-11H,9H2. The Balaban J connectivity index is 1.63. The maximum Gasteiger partial charge on any atom is 0.123 e. The fourth-order valence-electron chi connectivity index (χ4n) is 2.42. The summed E-state index contributed by atoms with van der Waals surface area (Å²) < 4.78 is 2.12. The van der Waals surface area contributed by atoms with Gasteiger partial charge in [0.2, 0.25) is 0 Å². The summed E-state index contributed by atoms with van der Waals surface area (Å²) in [5.74, 6) is 0. The molecule has 0 radical (unpaired) electrons. The van der Waals surface area contributed by atoms with Gasteiger partial charge >= 0.3 is 0 Å². The number of rotatable bonds is 3. The van der Waals surface area contributed by atoms with Crippen molar-refractivity contribution in [3.63, 3.8) is 0 Å². The number of para-hydroxylation sites is 2. The third-order valence-corrected chi connectivity index (χ3v) is 4.69. The van der Waals surface area contributed by atoms with Crippen LogP contribution < -0.4 is 0 Å². The fraction of sp³-hybridized carbons (Fsp3) is 0.0588. The van der Waals surface area contributed by atoms with Crippen LogP contribution in [0.2, 0.25) is 5.02 Å². The molecule has 0 atom stereocenters. The van der Waals surface area contributed by atoms with E-state index in [2.05, 4.69) is 21.0 Å². The fourth-order valence-corrected chi connectivity index (χ4v) is 3.36. The van der Waals surface area contributed by atoms with Crippen molar-refractivity contribution in [1.29, 1.82) is 0 Å². The van der Waals surface area contributed by atoms with Gasteiger partial charge in [-0.2, -0.15) is 0 Å². The van der Waals surface area contributed by atoms with E-state index in [4.69, 9.17) is 16.6 Å². The molecule has 4 rings (SSSR count). The van der Waals surface area contributed by atoms with Gasteiger partial charge in [0.15, 0.2) is 0 Å². The van der Waals surface area contributed by atoms with Gasteiger partial charge in [-0.25, -0.2) is 9.97 Å². The number of fused-ring (bicyclic) bond motifs is 1. The zero-order chi connectivity index (χ0) is 14.9. The maximum absolute atomic E-state index is 5.93. The zero-order valence-corrected chi connectivity index (χ0v) is 13.2. The number of hydrogen-bond donors (Lipinski definition) is 0. The van der Waals surface area contributed by atoms with Crippen LogP contribution in [0.3, 0.4) is 0 Å². The molecule has 0 spiro atoms. The lowest BCUT2D eigenvalue weighted by atomic mass is 10.2. The molecule has 0 unspecified atom stereocenters. The lowest BCUT2D eigenvalue weighted by molar-refractivity contribution is 0.804. The second-order valence-electron chi connectivity index (χ2n) is 5.01. The first kappa shape index (κ1) is 13.5. The largest absolute Gasteiger partial charge is 0.324 e. The van der Waals surface area contributed by atoms with Crippen LogP contribution in [0.15, 0.2) is 60.2 Å². The van der Waals surface area contributed by atoms with Crippen LogP contribution in [-0.2, 0) is 6.54 Å². The number of nitrogens with zero attached hydrogens (tertiary/aromatic N) is 3. The molecule has 0 aliphatic heterocycles. The molecule has 0 aliphatic rings. The summed E-state index contributed by atoms with van der Waals surface area (Å²) in [7, 11) is 0. The third-order valence-electron chi connectivity index (χ3n) is 3.50. The quantitative estimate of drug-likeness (QED) is 0.538. The minimum atomic E-state index is 0.727. The Hall–Kier alpha value is -2.17. The van der Waals surface area contributed by atoms with Gasteiger partial charge in [-0.15, -0.1) is 11.3 Å². The minimum Gasteiger partial charge on any atom is -0.324 e. The van der Waals surface area contributed by atoms with Crippen LogP contribution in [0.25, 0.3) is 21.6 Å². The number of halogens is 1. The van der Waals surface area contributed by atoms with E-state index in [1.165, 1.54) is 0 Å². The van der Waals surface area contributed by atoms with Gasteiger partial charge in [-0.05, 0) is 24.3 Å². The van der Waals surface area contributed by atoms with Crippen LogP contribution in [0, 0.1) is 0 Å². The molecule has 2 heterocycles.